The number of carbonyl (C=O) groups is 2. The van der Waals surface area contributed by atoms with Gasteiger partial charge < -0.3 is 20.3 Å². The lowest BCUT2D eigenvalue weighted by Crippen LogP contribution is -2.31. The van der Waals surface area contributed by atoms with Crippen molar-refractivity contribution in [1.29, 1.82) is 0 Å². The molecular formula is C24H23N3O3. The normalized spacial score (nSPS) is 12.2. The van der Waals surface area contributed by atoms with Crippen molar-refractivity contribution in [3.8, 4) is 5.75 Å². The van der Waals surface area contributed by atoms with E-state index in [1.54, 1.807) is 43.5 Å². The maximum atomic E-state index is 12.5. The fourth-order valence-corrected chi connectivity index (χ4v) is 3.59. The SMILES string of the molecule is COc1ccccc1NC(=O)c1ccc(NC(=O)CN2CCc3ccccc32)cc1. The average Bonchev–Trinajstić information content (AvgIpc) is 3.17. The van der Waals surface area contributed by atoms with E-state index in [1.807, 2.05) is 30.3 Å². The number of nitrogens with one attached hydrogen (secondary N) is 2. The van der Waals surface area contributed by atoms with Gasteiger partial charge in [0.1, 0.15) is 5.75 Å². The maximum absolute atomic E-state index is 12.5. The number of hydrogen-bond donors (Lipinski definition) is 2. The number of fused-ring (bicyclic) bond motifs is 1. The van der Waals surface area contributed by atoms with Gasteiger partial charge in [-0.3, -0.25) is 9.59 Å². The van der Waals surface area contributed by atoms with Crippen LogP contribution in [0.4, 0.5) is 17.1 Å². The number of para-hydroxylation sites is 3. The minimum atomic E-state index is -0.244. The number of benzene rings is 3. The molecule has 0 unspecified atom stereocenters. The van der Waals surface area contributed by atoms with Crippen LogP contribution in [0, 0.1) is 0 Å². The Morgan fingerprint density at radius 3 is 2.47 bits per heavy atom. The first-order valence-corrected chi connectivity index (χ1v) is 9.81. The summed E-state index contributed by atoms with van der Waals surface area (Å²) in [6.07, 6.45) is 0.958. The van der Waals surface area contributed by atoms with Crippen molar-refractivity contribution in [2.24, 2.45) is 0 Å². The second kappa shape index (κ2) is 8.69. The smallest absolute Gasteiger partial charge is 0.255 e. The van der Waals surface area contributed by atoms with Crippen LogP contribution in [0.1, 0.15) is 15.9 Å². The summed E-state index contributed by atoms with van der Waals surface area (Å²) in [4.78, 5) is 27.0. The van der Waals surface area contributed by atoms with Crippen molar-refractivity contribution < 1.29 is 14.3 Å². The van der Waals surface area contributed by atoms with Crippen LogP contribution in [0.3, 0.4) is 0 Å². The summed E-state index contributed by atoms with van der Waals surface area (Å²) in [5, 5.41) is 5.74. The van der Waals surface area contributed by atoms with Gasteiger partial charge in [0.05, 0.1) is 19.3 Å². The lowest BCUT2D eigenvalue weighted by molar-refractivity contribution is -0.115. The van der Waals surface area contributed by atoms with E-state index in [-0.39, 0.29) is 11.8 Å². The highest BCUT2D eigenvalue weighted by molar-refractivity contribution is 6.05. The standard InChI is InChI=1S/C24H23N3O3/c1-30-22-9-5-3-7-20(22)26-24(29)18-10-12-19(13-11-18)25-23(28)16-27-15-14-17-6-2-4-8-21(17)27/h2-13H,14-16H2,1H3,(H,25,28)(H,26,29). The number of hydrogen-bond acceptors (Lipinski definition) is 4. The Hall–Kier alpha value is -3.80. The van der Waals surface area contributed by atoms with Crippen LogP contribution in [0.5, 0.6) is 5.75 Å². The van der Waals surface area contributed by atoms with Gasteiger partial charge in [0.25, 0.3) is 5.91 Å². The van der Waals surface area contributed by atoms with Gasteiger partial charge in [-0.1, -0.05) is 30.3 Å². The van der Waals surface area contributed by atoms with Gasteiger partial charge in [-0.2, -0.15) is 0 Å². The summed E-state index contributed by atoms with van der Waals surface area (Å²) in [7, 11) is 1.56. The molecule has 0 aromatic heterocycles. The van der Waals surface area contributed by atoms with Crippen molar-refractivity contribution >= 4 is 28.9 Å². The molecule has 30 heavy (non-hydrogen) atoms. The molecule has 4 rings (SSSR count). The summed E-state index contributed by atoms with van der Waals surface area (Å²) in [5.74, 6) is 0.266. The van der Waals surface area contributed by atoms with Crippen molar-refractivity contribution in [3.63, 3.8) is 0 Å². The third-order valence-corrected chi connectivity index (χ3v) is 5.10. The number of anilines is 3. The highest BCUT2D eigenvalue weighted by atomic mass is 16.5. The molecule has 3 aromatic carbocycles. The van der Waals surface area contributed by atoms with Crippen molar-refractivity contribution in [2.45, 2.75) is 6.42 Å². The molecule has 0 saturated heterocycles. The van der Waals surface area contributed by atoms with E-state index in [2.05, 4.69) is 21.6 Å². The van der Waals surface area contributed by atoms with E-state index < -0.39 is 0 Å². The highest BCUT2D eigenvalue weighted by Crippen LogP contribution is 2.27. The van der Waals surface area contributed by atoms with Crippen LogP contribution in [0.2, 0.25) is 0 Å². The molecule has 0 saturated carbocycles. The molecule has 6 heteroatoms. The average molecular weight is 401 g/mol. The van der Waals surface area contributed by atoms with E-state index in [4.69, 9.17) is 4.74 Å². The highest BCUT2D eigenvalue weighted by Gasteiger charge is 2.20. The Balaban J connectivity index is 1.35. The fourth-order valence-electron chi connectivity index (χ4n) is 3.59. The van der Waals surface area contributed by atoms with Gasteiger partial charge >= 0.3 is 0 Å². The van der Waals surface area contributed by atoms with E-state index in [9.17, 15) is 9.59 Å². The zero-order valence-corrected chi connectivity index (χ0v) is 16.7. The maximum Gasteiger partial charge on any atom is 0.255 e. The van der Waals surface area contributed by atoms with E-state index in [0.717, 1.165) is 18.7 Å². The molecule has 2 N–H and O–H groups in total. The van der Waals surface area contributed by atoms with Crippen LogP contribution in [-0.2, 0) is 11.2 Å². The Labute approximate surface area is 175 Å². The zero-order chi connectivity index (χ0) is 20.9. The molecular weight excluding hydrogens is 378 g/mol. The van der Waals surface area contributed by atoms with Crippen molar-refractivity contribution in [2.75, 3.05) is 35.7 Å². The number of carbonyl (C=O) groups excluding carboxylic acids is 2. The zero-order valence-electron chi connectivity index (χ0n) is 16.7. The van der Waals surface area contributed by atoms with Gasteiger partial charge in [0.2, 0.25) is 5.91 Å². The van der Waals surface area contributed by atoms with Crippen LogP contribution in [-0.4, -0.2) is 32.0 Å². The van der Waals surface area contributed by atoms with Gasteiger partial charge in [0, 0.05) is 23.5 Å². The molecule has 1 aliphatic rings. The summed E-state index contributed by atoms with van der Waals surface area (Å²) < 4.78 is 5.26. The number of rotatable bonds is 6. The monoisotopic (exact) mass is 401 g/mol. The van der Waals surface area contributed by atoms with Crippen LogP contribution >= 0.6 is 0 Å². The van der Waals surface area contributed by atoms with Crippen LogP contribution in [0.15, 0.2) is 72.8 Å². The molecule has 152 valence electrons. The molecule has 2 amide bonds. The summed E-state index contributed by atoms with van der Waals surface area (Å²) in [6.45, 7) is 1.14. The second-order valence-corrected chi connectivity index (χ2v) is 7.08. The number of methoxy groups -OCH3 is 1. The molecule has 1 aliphatic heterocycles. The van der Waals surface area contributed by atoms with Gasteiger partial charge in [-0.25, -0.2) is 0 Å². The minimum absolute atomic E-state index is 0.0853. The molecule has 0 spiro atoms. The molecule has 6 nitrogen and oxygen atoms in total. The quantitative estimate of drug-likeness (QED) is 0.656. The minimum Gasteiger partial charge on any atom is -0.495 e. The molecule has 0 aliphatic carbocycles. The first-order chi connectivity index (χ1) is 14.6. The number of amides is 2. The van der Waals surface area contributed by atoms with E-state index in [1.165, 1.54) is 5.56 Å². The van der Waals surface area contributed by atoms with Crippen LogP contribution < -0.4 is 20.3 Å². The first-order valence-electron chi connectivity index (χ1n) is 9.81. The summed E-state index contributed by atoms with van der Waals surface area (Å²) >= 11 is 0. The van der Waals surface area contributed by atoms with Crippen LogP contribution in [0.25, 0.3) is 0 Å². The summed E-state index contributed by atoms with van der Waals surface area (Å²) in [6, 6.07) is 22.2. The Morgan fingerprint density at radius 1 is 0.933 bits per heavy atom. The van der Waals surface area contributed by atoms with E-state index >= 15 is 0 Å². The molecule has 0 fully saturated rings. The third-order valence-electron chi connectivity index (χ3n) is 5.10. The van der Waals surface area contributed by atoms with Gasteiger partial charge in [-0.15, -0.1) is 0 Å². The fraction of sp³-hybridized carbons (Fsp3) is 0.167. The van der Waals surface area contributed by atoms with Crippen molar-refractivity contribution in [1.82, 2.24) is 0 Å². The number of nitrogens with zero attached hydrogens (tertiary/aromatic N) is 1. The third kappa shape index (κ3) is 4.27. The topological polar surface area (TPSA) is 70.7 Å². The molecule has 0 atom stereocenters. The largest absolute Gasteiger partial charge is 0.495 e. The lowest BCUT2D eigenvalue weighted by atomic mass is 10.2. The van der Waals surface area contributed by atoms with Gasteiger partial charge in [0.15, 0.2) is 0 Å². The van der Waals surface area contributed by atoms with Gasteiger partial charge in [-0.05, 0) is 54.4 Å². The Morgan fingerprint density at radius 2 is 1.67 bits per heavy atom. The number of ether oxygens (including phenoxy) is 1. The molecule has 0 bridgehead atoms. The Bertz CT molecular complexity index is 1060. The molecule has 1 heterocycles. The first kappa shape index (κ1) is 19.5. The molecule has 3 aromatic rings. The lowest BCUT2D eigenvalue weighted by Gasteiger charge is -2.18. The second-order valence-electron chi connectivity index (χ2n) is 7.08. The van der Waals surface area contributed by atoms with E-state index in [0.29, 0.717) is 29.2 Å². The predicted molar refractivity (Wildman–Crippen MR) is 118 cm³/mol. The molecule has 0 radical (unpaired) electrons. The van der Waals surface area contributed by atoms with Crippen molar-refractivity contribution in [3.05, 3.63) is 83.9 Å². The Kier molecular flexibility index (Phi) is 5.66. The predicted octanol–water partition coefficient (Wildman–Crippen LogP) is 3.95. The summed E-state index contributed by atoms with van der Waals surface area (Å²) in [5.41, 5.74) is 4.15.